The molecule has 1 saturated carbocycles. The van der Waals surface area contributed by atoms with Crippen molar-refractivity contribution in [3.05, 3.63) is 29.3 Å². The number of carbonyl (C=O) groups excluding carboxylic acids is 1. The highest BCUT2D eigenvalue weighted by Gasteiger charge is 2.41. The van der Waals surface area contributed by atoms with Crippen LogP contribution in [0.4, 0.5) is 5.69 Å². The molecule has 6 heteroatoms. The van der Waals surface area contributed by atoms with Crippen LogP contribution in [0.3, 0.4) is 0 Å². The van der Waals surface area contributed by atoms with Crippen LogP contribution in [0.15, 0.2) is 24.3 Å². The quantitative estimate of drug-likeness (QED) is 0.791. The second-order valence-corrected chi connectivity index (χ2v) is 8.16. The first-order valence-corrected chi connectivity index (χ1v) is 10.3. The third kappa shape index (κ3) is 4.07. The number of hydrogen-bond donors (Lipinski definition) is 0. The Labute approximate surface area is 167 Å². The summed E-state index contributed by atoms with van der Waals surface area (Å²) in [6.45, 7) is 5.28. The van der Waals surface area contributed by atoms with E-state index in [9.17, 15) is 10.1 Å². The molecule has 0 unspecified atom stereocenters. The number of piperazine rings is 1. The van der Waals surface area contributed by atoms with Crippen LogP contribution in [0.2, 0.25) is 5.02 Å². The summed E-state index contributed by atoms with van der Waals surface area (Å²) in [5.74, 6) is 0.0599. The zero-order valence-electron chi connectivity index (χ0n) is 16.3. The van der Waals surface area contributed by atoms with Crippen molar-refractivity contribution in [3.63, 3.8) is 0 Å². The summed E-state index contributed by atoms with van der Waals surface area (Å²) >= 11 is 6.32. The Bertz CT molecular complexity index is 702. The van der Waals surface area contributed by atoms with Gasteiger partial charge in [-0.25, -0.2) is 0 Å². The molecule has 1 aromatic carbocycles. The minimum absolute atomic E-state index is 0.0599. The third-order valence-corrected chi connectivity index (χ3v) is 6.59. The minimum Gasteiger partial charge on any atom is -0.368 e. The molecule has 1 heterocycles. The van der Waals surface area contributed by atoms with Gasteiger partial charge in [0.2, 0.25) is 5.91 Å². The number of anilines is 1. The SMILES string of the molecule is C[C@@H](C(=O)N(C)C1(C#N)CCCCC1)N1CCN(c2ccccc2Cl)CC1. The Hall–Kier alpha value is -1.77. The van der Waals surface area contributed by atoms with Crippen LogP contribution in [0, 0.1) is 11.3 Å². The fourth-order valence-corrected chi connectivity index (χ4v) is 4.62. The zero-order valence-corrected chi connectivity index (χ0v) is 17.1. The summed E-state index contributed by atoms with van der Waals surface area (Å²) in [6.07, 6.45) is 4.79. The molecular weight excluding hydrogens is 360 g/mol. The van der Waals surface area contributed by atoms with Crippen molar-refractivity contribution in [2.24, 2.45) is 0 Å². The second-order valence-electron chi connectivity index (χ2n) is 7.75. The Balaban J connectivity index is 1.61. The molecule has 0 bridgehead atoms. The van der Waals surface area contributed by atoms with Crippen molar-refractivity contribution < 1.29 is 4.79 Å². The normalized spacial score (nSPS) is 21.3. The Morgan fingerprint density at radius 1 is 1.19 bits per heavy atom. The van der Waals surface area contributed by atoms with Crippen LogP contribution in [-0.2, 0) is 4.79 Å². The first-order chi connectivity index (χ1) is 13.0. The van der Waals surface area contributed by atoms with Gasteiger partial charge in [-0.1, -0.05) is 43.0 Å². The molecule has 0 radical (unpaired) electrons. The van der Waals surface area contributed by atoms with Gasteiger partial charge in [0.1, 0.15) is 5.54 Å². The summed E-state index contributed by atoms with van der Waals surface area (Å²) in [4.78, 5) is 19.3. The fourth-order valence-electron chi connectivity index (χ4n) is 4.36. The van der Waals surface area contributed by atoms with E-state index in [0.29, 0.717) is 0 Å². The molecule has 1 saturated heterocycles. The number of para-hydroxylation sites is 1. The topological polar surface area (TPSA) is 50.6 Å². The van der Waals surface area contributed by atoms with Crippen molar-refractivity contribution in [2.45, 2.75) is 50.6 Å². The van der Waals surface area contributed by atoms with Gasteiger partial charge in [-0.2, -0.15) is 5.26 Å². The van der Waals surface area contributed by atoms with Crippen LogP contribution in [0.1, 0.15) is 39.0 Å². The number of nitriles is 1. The van der Waals surface area contributed by atoms with E-state index in [1.165, 1.54) is 0 Å². The van der Waals surface area contributed by atoms with Crippen molar-refractivity contribution in [3.8, 4) is 6.07 Å². The van der Waals surface area contributed by atoms with Gasteiger partial charge in [-0.15, -0.1) is 0 Å². The van der Waals surface area contributed by atoms with Crippen molar-refractivity contribution in [1.29, 1.82) is 5.26 Å². The third-order valence-electron chi connectivity index (χ3n) is 6.27. The first kappa shape index (κ1) is 20.0. The lowest BCUT2D eigenvalue weighted by Crippen LogP contribution is -2.58. The van der Waals surface area contributed by atoms with Crippen LogP contribution in [-0.4, -0.2) is 60.5 Å². The van der Waals surface area contributed by atoms with Gasteiger partial charge in [-0.05, 0) is 31.9 Å². The molecule has 1 amide bonds. The standard InChI is InChI=1S/C21H29ClN4O/c1-17(20(27)24(2)21(16-23)10-6-3-7-11-21)25-12-14-26(15-13-25)19-9-5-4-8-18(19)22/h4-5,8-9,17H,3,6-7,10-15H2,1-2H3/t17-/m0/s1. The number of nitrogens with zero attached hydrogens (tertiary/aromatic N) is 4. The summed E-state index contributed by atoms with van der Waals surface area (Å²) in [5, 5.41) is 10.5. The number of carbonyl (C=O) groups is 1. The van der Waals surface area contributed by atoms with E-state index in [-0.39, 0.29) is 11.9 Å². The van der Waals surface area contributed by atoms with E-state index in [0.717, 1.165) is 69.0 Å². The maximum absolute atomic E-state index is 13.1. The molecule has 27 heavy (non-hydrogen) atoms. The molecule has 5 nitrogen and oxygen atoms in total. The lowest BCUT2D eigenvalue weighted by atomic mass is 9.81. The molecule has 1 aliphatic carbocycles. The highest BCUT2D eigenvalue weighted by molar-refractivity contribution is 6.33. The molecule has 2 aliphatic rings. The van der Waals surface area contributed by atoms with Crippen molar-refractivity contribution >= 4 is 23.2 Å². The number of likely N-dealkylation sites (N-methyl/N-ethyl adjacent to an activating group) is 1. The average molecular weight is 389 g/mol. The molecule has 3 rings (SSSR count). The number of benzene rings is 1. The first-order valence-electron chi connectivity index (χ1n) is 9.91. The van der Waals surface area contributed by atoms with Gasteiger partial charge in [0.15, 0.2) is 0 Å². The molecule has 0 N–H and O–H groups in total. The lowest BCUT2D eigenvalue weighted by molar-refractivity contribution is -0.140. The number of hydrogen-bond acceptors (Lipinski definition) is 4. The van der Waals surface area contributed by atoms with E-state index in [1.54, 1.807) is 4.90 Å². The predicted molar refractivity (Wildman–Crippen MR) is 109 cm³/mol. The highest BCUT2D eigenvalue weighted by atomic mass is 35.5. The van der Waals surface area contributed by atoms with Crippen LogP contribution >= 0.6 is 11.6 Å². The zero-order chi connectivity index (χ0) is 19.4. The molecule has 146 valence electrons. The molecule has 2 fully saturated rings. The molecule has 0 spiro atoms. The smallest absolute Gasteiger partial charge is 0.240 e. The molecule has 1 aromatic rings. The Morgan fingerprint density at radius 3 is 2.41 bits per heavy atom. The highest BCUT2D eigenvalue weighted by Crippen LogP contribution is 2.33. The second kappa shape index (κ2) is 8.50. The van der Waals surface area contributed by atoms with E-state index in [2.05, 4.69) is 15.9 Å². The largest absolute Gasteiger partial charge is 0.368 e. The monoisotopic (exact) mass is 388 g/mol. The minimum atomic E-state index is -0.622. The fraction of sp³-hybridized carbons (Fsp3) is 0.619. The average Bonchev–Trinajstić information content (AvgIpc) is 2.73. The Morgan fingerprint density at radius 2 is 1.81 bits per heavy atom. The maximum atomic E-state index is 13.1. The summed E-state index contributed by atoms with van der Waals surface area (Å²) in [5.41, 5.74) is 0.434. The molecule has 1 atom stereocenters. The number of amides is 1. The molecule has 1 aliphatic heterocycles. The summed E-state index contributed by atoms with van der Waals surface area (Å²) in [7, 11) is 1.81. The van der Waals surface area contributed by atoms with Crippen molar-refractivity contribution in [1.82, 2.24) is 9.80 Å². The van der Waals surface area contributed by atoms with E-state index >= 15 is 0 Å². The van der Waals surface area contributed by atoms with Gasteiger partial charge >= 0.3 is 0 Å². The van der Waals surface area contributed by atoms with E-state index in [1.807, 2.05) is 38.2 Å². The van der Waals surface area contributed by atoms with Gasteiger partial charge in [0.25, 0.3) is 0 Å². The number of halogens is 1. The van der Waals surface area contributed by atoms with Gasteiger partial charge < -0.3 is 9.80 Å². The molecule has 0 aromatic heterocycles. The number of rotatable bonds is 4. The van der Waals surface area contributed by atoms with Gasteiger partial charge in [-0.3, -0.25) is 9.69 Å². The summed E-state index contributed by atoms with van der Waals surface area (Å²) in [6, 6.07) is 10.1. The van der Waals surface area contributed by atoms with Crippen molar-refractivity contribution in [2.75, 3.05) is 38.1 Å². The van der Waals surface area contributed by atoms with E-state index in [4.69, 9.17) is 11.6 Å². The lowest BCUT2D eigenvalue weighted by Gasteiger charge is -2.43. The van der Waals surface area contributed by atoms with Crippen LogP contribution in [0.5, 0.6) is 0 Å². The van der Waals surface area contributed by atoms with Crippen LogP contribution < -0.4 is 4.90 Å². The summed E-state index contributed by atoms with van der Waals surface area (Å²) < 4.78 is 0. The van der Waals surface area contributed by atoms with Crippen LogP contribution in [0.25, 0.3) is 0 Å². The predicted octanol–water partition coefficient (Wildman–Crippen LogP) is 3.54. The van der Waals surface area contributed by atoms with Gasteiger partial charge in [0.05, 0.1) is 22.8 Å². The molecular formula is C21H29ClN4O. The van der Waals surface area contributed by atoms with E-state index < -0.39 is 5.54 Å². The Kier molecular flexibility index (Phi) is 6.29. The maximum Gasteiger partial charge on any atom is 0.240 e. The van der Waals surface area contributed by atoms with Gasteiger partial charge in [0, 0.05) is 33.2 Å².